The molecule has 22 heavy (non-hydrogen) atoms. The highest BCUT2D eigenvalue weighted by molar-refractivity contribution is 5.90. The van der Waals surface area contributed by atoms with Gasteiger partial charge >= 0.3 is 0 Å². The number of carbonyl (C=O) groups excluding carboxylic acids is 1. The topological polar surface area (TPSA) is 73.6 Å². The Morgan fingerprint density at radius 1 is 1.27 bits per heavy atom. The number of amides is 1. The molecule has 5 nitrogen and oxygen atoms in total. The molecule has 0 bridgehead atoms. The first-order chi connectivity index (χ1) is 10.7. The molecule has 2 aliphatic rings. The SMILES string of the molecule is N[C@@H]1CCC[C@H]1CC(=O)Nc1ccc(OC2CCOC2)cc1. The molecule has 1 aliphatic carbocycles. The summed E-state index contributed by atoms with van der Waals surface area (Å²) in [6.45, 7) is 1.42. The van der Waals surface area contributed by atoms with Crippen LogP contribution in [0, 0.1) is 5.92 Å². The summed E-state index contributed by atoms with van der Waals surface area (Å²) in [6.07, 6.45) is 4.82. The molecular weight excluding hydrogens is 280 g/mol. The second-order valence-corrected chi connectivity index (χ2v) is 6.23. The lowest BCUT2D eigenvalue weighted by molar-refractivity contribution is -0.117. The molecule has 0 spiro atoms. The van der Waals surface area contributed by atoms with Crippen LogP contribution in [-0.4, -0.2) is 31.3 Å². The molecule has 2 fully saturated rings. The predicted octanol–water partition coefficient (Wildman–Crippen LogP) is 2.31. The zero-order valence-corrected chi connectivity index (χ0v) is 12.8. The molecule has 0 aromatic heterocycles. The van der Waals surface area contributed by atoms with Crippen LogP contribution < -0.4 is 15.8 Å². The molecule has 1 aromatic rings. The number of hydrogen-bond donors (Lipinski definition) is 2. The highest BCUT2D eigenvalue weighted by atomic mass is 16.5. The molecule has 1 amide bonds. The third-order valence-electron chi connectivity index (χ3n) is 4.49. The van der Waals surface area contributed by atoms with Crippen molar-refractivity contribution >= 4 is 11.6 Å². The number of benzene rings is 1. The fourth-order valence-electron chi connectivity index (χ4n) is 3.18. The average molecular weight is 304 g/mol. The third kappa shape index (κ3) is 3.99. The van der Waals surface area contributed by atoms with E-state index in [1.807, 2.05) is 24.3 Å². The summed E-state index contributed by atoms with van der Waals surface area (Å²) < 4.78 is 11.1. The van der Waals surface area contributed by atoms with Gasteiger partial charge in [-0.2, -0.15) is 0 Å². The van der Waals surface area contributed by atoms with Crippen molar-refractivity contribution in [3.63, 3.8) is 0 Å². The fourth-order valence-corrected chi connectivity index (χ4v) is 3.18. The number of nitrogens with one attached hydrogen (secondary N) is 1. The van der Waals surface area contributed by atoms with Gasteiger partial charge in [-0.05, 0) is 43.0 Å². The highest BCUT2D eigenvalue weighted by Gasteiger charge is 2.26. The summed E-state index contributed by atoms with van der Waals surface area (Å²) in [6, 6.07) is 7.69. The molecule has 1 aromatic carbocycles. The Morgan fingerprint density at radius 2 is 2.09 bits per heavy atom. The van der Waals surface area contributed by atoms with E-state index >= 15 is 0 Å². The van der Waals surface area contributed by atoms with E-state index in [1.165, 1.54) is 0 Å². The van der Waals surface area contributed by atoms with Crippen LogP contribution >= 0.6 is 0 Å². The van der Waals surface area contributed by atoms with Crippen molar-refractivity contribution < 1.29 is 14.3 Å². The van der Waals surface area contributed by atoms with Crippen LogP contribution in [0.1, 0.15) is 32.1 Å². The Balaban J connectivity index is 1.48. The second kappa shape index (κ2) is 7.11. The summed E-state index contributed by atoms with van der Waals surface area (Å²) in [5.41, 5.74) is 6.81. The highest BCUT2D eigenvalue weighted by Crippen LogP contribution is 2.27. The van der Waals surface area contributed by atoms with Crippen molar-refractivity contribution in [2.45, 2.75) is 44.2 Å². The fraction of sp³-hybridized carbons (Fsp3) is 0.588. The Hall–Kier alpha value is -1.59. The Labute approximate surface area is 131 Å². The van der Waals surface area contributed by atoms with Crippen molar-refractivity contribution in [3.8, 4) is 5.75 Å². The number of rotatable bonds is 5. The number of anilines is 1. The summed E-state index contributed by atoms with van der Waals surface area (Å²) >= 11 is 0. The largest absolute Gasteiger partial charge is 0.488 e. The lowest BCUT2D eigenvalue weighted by atomic mass is 10.00. The monoisotopic (exact) mass is 304 g/mol. The maximum atomic E-state index is 12.1. The lowest BCUT2D eigenvalue weighted by Crippen LogP contribution is -2.28. The summed E-state index contributed by atoms with van der Waals surface area (Å²) in [5, 5.41) is 2.94. The standard InChI is InChI=1S/C17H24N2O3/c18-16-3-1-2-12(16)10-17(20)19-13-4-6-14(7-5-13)22-15-8-9-21-11-15/h4-7,12,15-16H,1-3,8-11,18H2,(H,19,20)/t12-,15?,16+/m0/s1. The summed E-state index contributed by atoms with van der Waals surface area (Å²) in [5.74, 6) is 1.18. The first kappa shape index (κ1) is 15.3. The van der Waals surface area contributed by atoms with Crippen molar-refractivity contribution in [2.75, 3.05) is 18.5 Å². The van der Waals surface area contributed by atoms with Gasteiger partial charge in [0, 0.05) is 24.6 Å². The van der Waals surface area contributed by atoms with Gasteiger partial charge in [-0.25, -0.2) is 0 Å². The number of ether oxygens (including phenoxy) is 2. The summed E-state index contributed by atoms with van der Waals surface area (Å²) in [7, 11) is 0. The molecule has 3 rings (SSSR count). The molecule has 1 unspecified atom stereocenters. The Bertz CT molecular complexity index is 497. The van der Waals surface area contributed by atoms with E-state index in [-0.39, 0.29) is 18.1 Å². The minimum absolute atomic E-state index is 0.0419. The van der Waals surface area contributed by atoms with Gasteiger partial charge in [0.05, 0.1) is 13.2 Å². The molecule has 1 aliphatic heterocycles. The zero-order valence-electron chi connectivity index (χ0n) is 12.8. The van der Waals surface area contributed by atoms with Crippen LogP contribution in [0.4, 0.5) is 5.69 Å². The van der Waals surface area contributed by atoms with Gasteiger partial charge in [-0.3, -0.25) is 4.79 Å². The number of carbonyl (C=O) groups is 1. The van der Waals surface area contributed by atoms with Crippen LogP contribution in [0.15, 0.2) is 24.3 Å². The van der Waals surface area contributed by atoms with Crippen LogP contribution in [0.25, 0.3) is 0 Å². The lowest BCUT2D eigenvalue weighted by Gasteiger charge is -2.15. The van der Waals surface area contributed by atoms with E-state index in [2.05, 4.69) is 5.32 Å². The zero-order chi connectivity index (χ0) is 15.4. The van der Waals surface area contributed by atoms with Crippen molar-refractivity contribution in [3.05, 3.63) is 24.3 Å². The van der Waals surface area contributed by atoms with E-state index in [4.69, 9.17) is 15.2 Å². The first-order valence-electron chi connectivity index (χ1n) is 8.10. The van der Waals surface area contributed by atoms with Crippen LogP contribution in [0.3, 0.4) is 0 Å². The molecular formula is C17H24N2O3. The average Bonchev–Trinajstić information content (AvgIpc) is 3.14. The molecule has 1 saturated carbocycles. The molecule has 0 radical (unpaired) electrons. The molecule has 5 heteroatoms. The van der Waals surface area contributed by atoms with Gasteiger partial charge < -0.3 is 20.5 Å². The van der Waals surface area contributed by atoms with Gasteiger partial charge in [0.15, 0.2) is 0 Å². The predicted molar refractivity (Wildman–Crippen MR) is 84.9 cm³/mol. The molecule has 3 N–H and O–H groups in total. The van der Waals surface area contributed by atoms with Gasteiger partial charge in [0.1, 0.15) is 11.9 Å². The van der Waals surface area contributed by atoms with Crippen molar-refractivity contribution in [1.29, 1.82) is 0 Å². The van der Waals surface area contributed by atoms with E-state index in [1.54, 1.807) is 0 Å². The van der Waals surface area contributed by atoms with Gasteiger partial charge in [0.2, 0.25) is 5.91 Å². The van der Waals surface area contributed by atoms with Crippen molar-refractivity contribution in [1.82, 2.24) is 0 Å². The summed E-state index contributed by atoms with van der Waals surface area (Å²) in [4.78, 5) is 12.1. The first-order valence-corrected chi connectivity index (χ1v) is 8.10. The van der Waals surface area contributed by atoms with E-state index in [0.29, 0.717) is 18.9 Å². The Kier molecular flexibility index (Phi) is 4.95. The van der Waals surface area contributed by atoms with E-state index in [9.17, 15) is 4.79 Å². The molecule has 1 saturated heterocycles. The van der Waals surface area contributed by atoms with E-state index < -0.39 is 0 Å². The maximum Gasteiger partial charge on any atom is 0.224 e. The van der Waals surface area contributed by atoms with Crippen LogP contribution in [0.5, 0.6) is 5.75 Å². The number of nitrogens with two attached hydrogens (primary N) is 1. The van der Waals surface area contributed by atoms with Gasteiger partial charge in [-0.1, -0.05) is 6.42 Å². The minimum atomic E-state index is 0.0419. The quantitative estimate of drug-likeness (QED) is 0.875. The molecule has 1 heterocycles. The smallest absolute Gasteiger partial charge is 0.224 e. The van der Waals surface area contributed by atoms with Gasteiger partial charge in [0.25, 0.3) is 0 Å². The third-order valence-corrected chi connectivity index (χ3v) is 4.49. The molecule has 3 atom stereocenters. The van der Waals surface area contributed by atoms with E-state index in [0.717, 1.165) is 43.7 Å². The maximum absolute atomic E-state index is 12.1. The molecule has 120 valence electrons. The second-order valence-electron chi connectivity index (χ2n) is 6.23. The van der Waals surface area contributed by atoms with Gasteiger partial charge in [-0.15, -0.1) is 0 Å². The Morgan fingerprint density at radius 3 is 2.73 bits per heavy atom. The van der Waals surface area contributed by atoms with Crippen LogP contribution in [0.2, 0.25) is 0 Å². The minimum Gasteiger partial charge on any atom is -0.488 e. The normalized spacial score (nSPS) is 27.8. The van der Waals surface area contributed by atoms with Crippen molar-refractivity contribution in [2.24, 2.45) is 11.7 Å². The number of hydrogen-bond acceptors (Lipinski definition) is 4. The van der Waals surface area contributed by atoms with Crippen LogP contribution in [-0.2, 0) is 9.53 Å².